The number of hydrogen-bond acceptors (Lipinski definition) is 3. The fraction of sp³-hybridized carbons (Fsp3) is 0.400. The van der Waals surface area contributed by atoms with Crippen LogP contribution in [-0.4, -0.2) is 25.7 Å². The number of nitrogens with one attached hydrogen (secondary N) is 1. The Labute approximate surface area is 114 Å². The summed E-state index contributed by atoms with van der Waals surface area (Å²) >= 11 is 0. The third-order valence-corrected chi connectivity index (χ3v) is 2.40. The molecule has 0 atom stereocenters. The van der Waals surface area contributed by atoms with Gasteiger partial charge in [-0.3, -0.25) is 4.79 Å². The minimum absolute atomic E-state index is 0.102. The number of ether oxygens (including phenoxy) is 1. The lowest BCUT2D eigenvalue weighted by Crippen LogP contribution is -2.27. The molecular formula is C15H20N2O2. The van der Waals surface area contributed by atoms with E-state index in [0.717, 1.165) is 17.5 Å². The SMILES string of the molecule is CCCOCC(=O)NCc1ccccc1C#CCN. The maximum atomic E-state index is 11.5. The summed E-state index contributed by atoms with van der Waals surface area (Å²) in [7, 11) is 0. The zero-order valence-electron chi connectivity index (χ0n) is 11.2. The highest BCUT2D eigenvalue weighted by molar-refractivity contribution is 5.77. The normalized spacial score (nSPS) is 9.58. The molecule has 3 N–H and O–H groups in total. The molecule has 19 heavy (non-hydrogen) atoms. The molecule has 1 aromatic rings. The average molecular weight is 260 g/mol. The molecule has 0 heterocycles. The largest absolute Gasteiger partial charge is 0.372 e. The van der Waals surface area contributed by atoms with E-state index in [9.17, 15) is 4.79 Å². The smallest absolute Gasteiger partial charge is 0.246 e. The van der Waals surface area contributed by atoms with Gasteiger partial charge in [0, 0.05) is 18.7 Å². The first-order valence-corrected chi connectivity index (χ1v) is 6.39. The fourth-order valence-electron chi connectivity index (χ4n) is 1.50. The lowest BCUT2D eigenvalue weighted by Gasteiger charge is -2.07. The van der Waals surface area contributed by atoms with E-state index in [1.54, 1.807) is 0 Å². The van der Waals surface area contributed by atoms with Crippen molar-refractivity contribution in [2.45, 2.75) is 19.9 Å². The van der Waals surface area contributed by atoms with E-state index in [2.05, 4.69) is 17.2 Å². The van der Waals surface area contributed by atoms with Crippen LogP contribution in [0.2, 0.25) is 0 Å². The zero-order chi connectivity index (χ0) is 13.9. The third kappa shape index (κ3) is 6.05. The third-order valence-electron chi connectivity index (χ3n) is 2.40. The molecule has 102 valence electrons. The second-order valence-corrected chi connectivity index (χ2v) is 3.99. The van der Waals surface area contributed by atoms with Gasteiger partial charge >= 0.3 is 0 Å². The summed E-state index contributed by atoms with van der Waals surface area (Å²) in [5, 5.41) is 2.81. The highest BCUT2D eigenvalue weighted by Crippen LogP contribution is 2.06. The van der Waals surface area contributed by atoms with E-state index in [1.807, 2.05) is 31.2 Å². The van der Waals surface area contributed by atoms with Gasteiger partial charge in [0.2, 0.25) is 5.91 Å². The van der Waals surface area contributed by atoms with Crippen LogP contribution in [-0.2, 0) is 16.1 Å². The van der Waals surface area contributed by atoms with Crippen molar-refractivity contribution < 1.29 is 9.53 Å². The first-order chi connectivity index (χ1) is 9.27. The summed E-state index contributed by atoms with van der Waals surface area (Å²) in [5.74, 6) is 5.69. The number of nitrogens with two attached hydrogens (primary N) is 1. The Balaban J connectivity index is 2.50. The standard InChI is InChI=1S/C15H20N2O2/c1-2-10-19-12-15(18)17-11-14-7-4-3-6-13(14)8-5-9-16/h3-4,6-7H,2,9-12,16H2,1H3,(H,17,18). The van der Waals surface area contributed by atoms with E-state index in [-0.39, 0.29) is 12.5 Å². The topological polar surface area (TPSA) is 64.3 Å². The summed E-state index contributed by atoms with van der Waals surface area (Å²) in [6, 6.07) is 7.68. The molecular weight excluding hydrogens is 240 g/mol. The van der Waals surface area contributed by atoms with Gasteiger partial charge in [-0.2, -0.15) is 0 Å². The Morgan fingerprint density at radius 1 is 1.42 bits per heavy atom. The molecule has 0 unspecified atom stereocenters. The molecule has 0 aliphatic heterocycles. The van der Waals surface area contributed by atoms with Crippen molar-refractivity contribution in [3.8, 4) is 11.8 Å². The van der Waals surface area contributed by atoms with Crippen LogP contribution in [0.1, 0.15) is 24.5 Å². The molecule has 1 aromatic carbocycles. The van der Waals surface area contributed by atoms with Gasteiger partial charge in [0.1, 0.15) is 6.61 Å². The van der Waals surface area contributed by atoms with Gasteiger partial charge in [-0.15, -0.1) is 0 Å². The van der Waals surface area contributed by atoms with Crippen LogP contribution in [0.3, 0.4) is 0 Å². The van der Waals surface area contributed by atoms with Gasteiger partial charge < -0.3 is 15.8 Å². The quantitative estimate of drug-likeness (QED) is 0.593. The summed E-state index contributed by atoms with van der Waals surface area (Å²) in [6.45, 7) is 3.48. The van der Waals surface area contributed by atoms with E-state index in [1.165, 1.54) is 0 Å². The maximum Gasteiger partial charge on any atom is 0.246 e. The van der Waals surface area contributed by atoms with Gasteiger partial charge in [0.15, 0.2) is 0 Å². The molecule has 0 saturated carbocycles. The lowest BCUT2D eigenvalue weighted by atomic mass is 10.1. The Bertz CT molecular complexity index is 461. The minimum Gasteiger partial charge on any atom is -0.372 e. The molecule has 1 rings (SSSR count). The Kier molecular flexibility index (Phi) is 7.33. The molecule has 4 heteroatoms. The summed E-state index contributed by atoms with van der Waals surface area (Å²) in [6.07, 6.45) is 0.908. The van der Waals surface area contributed by atoms with Crippen molar-refractivity contribution in [2.24, 2.45) is 5.73 Å². The second-order valence-electron chi connectivity index (χ2n) is 3.99. The molecule has 0 aliphatic rings. The molecule has 4 nitrogen and oxygen atoms in total. The van der Waals surface area contributed by atoms with Crippen LogP contribution >= 0.6 is 0 Å². The van der Waals surface area contributed by atoms with Gasteiger partial charge in [0.25, 0.3) is 0 Å². The Hall–Kier alpha value is -1.83. The van der Waals surface area contributed by atoms with E-state index in [4.69, 9.17) is 10.5 Å². The van der Waals surface area contributed by atoms with Crippen molar-refractivity contribution in [3.63, 3.8) is 0 Å². The van der Waals surface area contributed by atoms with Crippen molar-refractivity contribution in [3.05, 3.63) is 35.4 Å². The van der Waals surface area contributed by atoms with Crippen LogP contribution in [0, 0.1) is 11.8 Å². The molecule has 1 amide bonds. The number of carbonyl (C=O) groups is 1. The molecule has 0 aliphatic carbocycles. The predicted molar refractivity (Wildman–Crippen MR) is 75.3 cm³/mol. The fourth-order valence-corrected chi connectivity index (χ4v) is 1.50. The van der Waals surface area contributed by atoms with Crippen LogP contribution < -0.4 is 11.1 Å². The zero-order valence-corrected chi connectivity index (χ0v) is 11.2. The number of benzene rings is 1. The van der Waals surface area contributed by atoms with Crippen molar-refractivity contribution >= 4 is 5.91 Å². The van der Waals surface area contributed by atoms with E-state index >= 15 is 0 Å². The predicted octanol–water partition coefficient (Wildman–Crippen LogP) is 1.04. The maximum absolute atomic E-state index is 11.5. The van der Waals surface area contributed by atoms with Gasteiger partial charge in [-0.25, -0.2) is 0 Å². The summed E-state index contributed by atoms with van der Waals surface area (Å²) < 4.78 is 5.17. The van der Waals surface area contributed by atoms with Crippen molar-refractivity contribution in [2.75, 3.05) is 19.8 Å². The molecule has 0 spiro atoms. The Morgan fingerprint density at radius 3 is 2.95 bits per heavy atom. The molecule has 0 radical (unpaired) electrons. The monoisotopic (exact) mass is 260 g/mol. The number of carbonyl (C=O) groups excluding carboxylic acids is 1. The average Bonchev–Trinajstić information content (AvgIpc) is 2.44. The van der Waals surface area contributed by atoms with E-state index < -0.39 is 0 Å². The number of rotatable bonds is 6. The molecule has 0 bridgehead atoms. The van der Waals surface area contributed by atoms with Gasteiger partial charge in [0.05, 0.1) is 6.54 Å². The number of hydrogen-bond donors (Lipinski definition) is 2. The van der Waals surface area contributed by atoms with Crippen molar-refractivity contribution in [1.82, 2.24) is 5.32 Å². The summed E-state index contributed by atoms with van der Waals surface area (Å²) in [5.41, 5.74) is 7.23. The highest BCUT2D eigenvalue weighted by Gasteiger charge is 2.03. The van der Waals surface area contributed by atoms with Gasteiger partial charge in [-0.1, -0.05) is 37.0 Å². The Morgan fingerprint density at radius 2 is 2.21 bits per heavy atom. The van der Waals surface area contributed by atoms with Crippen LogP contribution in [0.15, 0.2) is 24.3 Å². The van der Waals surface area contributed by atoms with E-state index in [0.29, 0.717) is 19.7 Å². The molecule has 0 fully saturated rings. The van der Waals surface area contributed by atoms with Gasteiger partial charge in [-0.05, 0) is 18.1 Å². The molecule has 0 aromatic heterocycles. The van der Waals surface area contributed by atoms with Crippen LogP contribution in [0.4, 0.5) is 0 Å². The molecule has 0 saturated heterocycles. The van der Waals surface area contributed by atoms with Crippen molar-refractivity contribution in [1.29, 1.82) is 0 Å². The van der Waals surface area contributed by atoms with Crippen LogP contribution in [0.5, 0.6) is 0 Å². The minimum atomic E-state index is -0.116. The number of amides is 1. The van der Waals surface area contributed by atoms with Crippen LogP contribution in [0.25, 0.3) is 0 Å². The highest BCUT2D eigenvalue weighted by atomic mass is 16.5. The second kappa shape index (κ2) is 9.15. The first kappa shape index (κ1) is 15.2. The first-order valence-electron chi connectivity index (χ1n) is 6.39. The summed E-state index contributed by atoms with van der Waals surface area (Å²) in [4.78, 5) is 11.5. The lowest BCUT2D eigenvalue weighted by molar-refractivity contribution is -0.125.